The Morgan fingerprint density at radius 3 is 2.65 bits per heavy atom. The lowest BCUT2D eigenvalue weighted by molar-refractivity contribution is 0.0953. The molecule has 1 aliphatic carbocycles. The normalized spacial score (nSPS) is 14.7. The van der Waals surface area contributed by atoms with E-state index in [-0.39, 0.29) is 5.91 Å². The standard InChI is InChI=1S/C19H27N5OS/c1-26-19-23-22-17(24(19)16-5-2-3-6-16)7-4-12-21-18(25)15-10-8-14(13-20)9-11-15/h8-11,16H,2-7,12-13,20H2,1H3,(H,21,25). The Bertz CT molecular complexity index is 722. The minimum atomic E-state index is -0.0457. The first-order valence-electron chi connectivity index (χ1n) is 9.28. The third-order valence-corrected chi connectivity index (χ3v) is 5.57. The molecule has 140 valence electrons. The van der Waals surface area contributed by atoms with Gasteiger partial charge >= 0.3 is 0 Å². The highest BCUT2D eigenvalue weighted by Gasteiger charge is 2.23. The number of aryl methyl sites for hydroxylation is 1. The molecule has 2 aromatic rings. The zero-order valence-electron chi connectivity index (χ0n) is 15.3. The van der Waals surface area contributed by atoms with E-state index >= 15 is 0 Å². The van der Waals surface area contributed by atoms with Gasteiger partial charge in [0.1, 0.15) is 5.82 Å². The van der Waals surface area contributed by atoms with Gasteiger partial charge in [-0.2, -0.15) is 0 Å². The van der Waals surface area contributed by atoms with Crippen molar-refractivity contribution in [2.45, 2.75) is 56.3 Å². The first kappa shape index (κ1) is 18.9. The average molecular weight is 374 g/mol. The molecule has 1 saturated carbocycles. The van der Waals surface area contributed by atoms with Gasteiger partial charge in [0.25, 0.3) is 5.91 Å². The van der Waals surface area contributed by atoms with Gasteiger partial charge < -0.3 is 15.6 Å². The number of amides is 1. The van der Waals surface area contributed by atoms with Gasteiger partial charge in [-0.25, -0.2) is 0 Å². The van der Waals surface area contributed by atoms with Crippen LogP contribution in [0.25, 0.3) is 0 Å². The van der Waals surface area contributed by atoms with E-state index in [1.54, 1.807) is 11.8 Å². The van der Waals surface area contributed by atoms with Gasteiger partial charge in [0.05, 0.1) is 0 Å². The molecule has 26 heavy (non-hydrogen) atoms. The molecular formula is C19H27N5OS. The van der Waals surface area contributed by atoms with Crippen LogP contribution >= 0.6 is 11.8 Å². The van der Waals surface area contributed by atoms with Crippen LogP contribution in [-0.4, -0.2) is 33.5 Å². The summed E-state index contributed by atoms with van der Waals surface area (Å²) in [4.78, 5) is 12.2. The Morgan fingerprint density at radius 1 is 1.27 bits per heavy atom. The van der Waals surface area contributed by atoms with Gasteiger partial charge in [-0.1, -0.05) is 36.7 Å². The second-order valence-electron chi connectivity index (χ2n) is 6.67. The molecule has 1 amide bonds. The van der Waals surface area contributed by atoms with Crippen LogP contribution in [0.5, 0.6) is 0 Å². The fraction of sp³-hybridized carbons (Fsp3) is 0.526. The van der Waals surface area contributed by atoms with Crippen molar-refractivity contribution >= 4 is 17.7 Å². The van der Waals surface area contributed by atoms with Crippen LogP contribution in [0.15, 0.2) is 29.4 Å². The highest BCUT2D eigenvalue weighted by Crippen LogP contribution is 2.33. The molecular weight excluding hydrogens is 346 g/mol. The molecule has 3 rings (SSSR count). The molecule has 1 aromatic carbocycles. The van der Waals surface area contributed by atoms with Crippen molar-refractivity contribution in [3.05, 3.63) is 41.2 Å². The minimum Gasteiger partial charge on any atom is -0.352 e. The van der Waals surface area contributed by atoms with Crippen LogP contribution in [0.3, 0.4) is 0 Å². The fourth-order valence-electron chi connectivity index (χ4n) is 3.49. The van der Waals surface area contributed by atoms with Crippen molar-refractivity contribution in [3.63, 3.8) is 0 Å². The lowest BCUT2D eigenvalue weighted by atomic mass is 10.1. The van der Waals surface area contributed by atoms with Gasteiger partial charge in [0.2, 0.25) is 0 Å². The van der Waals surface area contributed by atoms with Crippen molar-refractivity contribution in [1.29, 1.82) is 0 Å². The molecule has 1 heterocycles. The van der Waals surface area contributed by atoms with Gasteiger partial charge in [0, 0.05) is 31.1 Å². The predicted molar refractivity (Wildman–Crippen MR) is 104 cm³/mol. The SMILES string of the molecule is CSc1nnc(CCCNC(=O)c2ccc(CN)cc2)n1C1CCCC1. The molecule has 0 unspecified atom stereocenters. The molecule has 0 radical (unpaired) electrons. The molecule has 1 aromatic heterocycles. The van der Waals surface area contributed by atoms with E-state index in [1.807, 2.05) is 24.3 Å². The van der Waals surface area contributed by atoms with Crippen LogP contribution in [0.1, 0.15) is 59.9 Å². The number of carbonyl (C=O) groups is 1. The maximum absolute atomic E-state index is 12.2. The summed E-state index contributed by atoms with van der Waals surface area (Å²) in [5.41, 5.74) is 7.28. The fourth-order valence-corrected chi connectivity index (χ4v) is 4.06. The van der Waals surface area contributed by atoms with E-state index in [9.17, 15) is 4.79 Å². The average Bonchev–Trinajstić information content (AvgIpc) is 3.34. The van der Waals surface area contributed by atoms with Crippen LogP contribution in [-0.2, 0) is 13.0 Å². The Labute approximate surface area is 158 Å². The Kier molecular flexibility index (Phi) is 6.68. The molecule has 0 aliphatic heterocycles. The largest absolute Gasteiger partial charge is 0.352 e. The summed E-state index contributed by atoms with van der Waals surface area (Å²) in [5.74, 6) is 0.999. The lowest BCUT2D eigenvalue weighted by Gasteiger charge is -2.16. The molecule has 1 aliphatic rings. The summed E-state index contributed by atoms with van der Waals surface area (Å²) < 4.78 is 2.32. The molecule has 0 spiro atoms. The zero-order valence-corrected chi connectivity index (χ0v) is 16.1. The number of aromatic nitrogens is 3. The summed E-state index contributed by atoms with van der Waals surface area (Å²) in [6, 6.07) is 7.96. The van der Waals surface area contributed by atoms with E-state index in [1.165, 1.54) is 25.7 Å². The summed E-state index contributed by atoms with van der Waals surface area (Å²) in [7, 11) is 0. The Balaban J connectivity index is 1.51. The van der Waals surface area contributed by atoms with Crippen molar-refractivity contribution in [3.8, 4) is 0 Å². The number of hydrogen-bond donors (Lipinski definition) is 2. The minimum absolute atomic E-state index is 0.0457. The maximum atomic E-state index is 12.2. The Morgan fingerprint density at radius 2 is 2.00 bits per heavy atom. The van der Waals surface area contributed by atoms with Crippen LogP contribution in [0.4, 0.5) is 0 Å². The van der Waals surface area contributed by atoms with Crippen LogP contribution in [0, 0.1) is 0 Å². The molecule has 3 N–H and O–H groups in total. The summed E-state index contributed by atoms with van der Waals surface area (Å²) in [6.45, 7) is 1.12. The van der Waals surface area contributed by atoms with Crippen molar-refractivity contribution in [2.75, 3.05) is 12.8 Å². The van der Waals surface area contributed by atoms with E-state index in [4.69, 9.17) is 5.73 Å². The molecule has 7 heteroatoms. The molecule has 1 fully saturated rings. The summed E-state index contributed by atoms with van der Waals surface area (Å²) in [6.07, 6.45) is 8.74. The topological polar surface area (TPSA) is 85.8 Å². The predicted octanol–water partition coefficient (Wildman–Crippen LogP) is 2.94. The maximum Gasteiger partial charge on any atom is 0.251 e. The summed E-state index contributed by atoms with van der Waals surface area (Å²) >= 11 is 1.66. The number of thioether (sulfide) groups is 1. The van der Waals surface area contributed by atoms with Gasteiger partial charge in [-0.3, -0.25) is 4.79 Å². The number of benzene rings is 1. The van der Waals surface area contributed by atoms with Crippen LogP contribution in [0.2, 0.25) is 0 Å². The zero-order chi connectivity index (χ0) is 18.4. The molecule has 0 bridgehead atoms. The number of rotatable bonds is 8. The Hall–Kier alpha value is -1.86. The third kappa shape index (κ3) is 4.45. The number of nitrogens with two attached hydrogens (primary N) is 1. The van der Waals surface area contributed by atoms with Gasteiger partial charge in [-0.05, 0) is 43.2 Å². The molecule has 6 nitrogen and oxygen atoms in total. The van der Waals surface area contributed by atoms with E-state index < -0.39 is 0 Å². The first-order chi connectivity index (χ1) is 12.7. The number of nitrogens with zero attached hydrogens (tertiary/aromatic N) is 3. The number of carbonyl (C=O) groups excluding carboxylic acids is 1. The smallest absolute Gasteiger partial charge is 0.251 e. The van der Waals surface area contributed by atoms with Crippen molar-refractivity contribution in [1.82, 2.24) is 20.1 Å². The molecule has 0 atom stereocenters. The quantitative estimate of drug-likeness (QED) is 0.549. The first-order valence-corrected chi connectivity index (χ1v) is 10.5. The second kappa shape index (κ2) is 9.19. The van der Waals surface area contributed by atoms with E-state index in [0.29, 0.717) is 24.7 Å². The van der Waals surface area contributed by atoms with Gasteiger partial charge in [-0.15, -0.1) is 10.2 Å². The number of hydrogen-bond acceptors (Lipinski definition) is 5. The van der Waals surface area contributed by atoms with Crippen molar-refractivity contribution < 1.29 is 4.79 Å². The number of nitrogens with one attached hydrogen (secondary N) is 1. The van der Waals surface area contributed by atoms with Crippen molar-refractivity contribution in [2.24, 2.45) is 5.73 Å². The van der Waals surface area contributed by atoms with Gasteiger partial charge in [0.15, 0.2) is 5.16 Å². The summed E-state index contributed by atoms with van der Waals surface area (Å²) in [5, 5.41) is 12.7. The molecule has 0 saturated heterocycles. The highest BCUT2D eigenvalue weighted by molar-refractivity contribution is 7.98. The monoisotopic (exact) mass is 373 g/mol. The lowest BCUT2D eigenvalue weighted by Crippen LogP contribution is -2.25. The highest BCUT2D eigenvalue weighted by atomic mass is 32.2. The van der Waals surface area contributed by atoms with E-state index in [0.717, 1.165) is 29.4 Å². The third-order valence-electron chi connectivity index (χ3n) is 4.92. The van der Waals surface area contributed by atoms with Crippen LogP contribution < -0.4 is 11.1 Å². The van der Waals surface area contributed by atoms with E-state index in [2.05, 4.69) is 26.3 Å². The second-order valence-corrected chi connectivity index (χ2v) is 7.45.